The number of carboxylic acid groups (broad SMARTS) is 1. The average Bonchev–Trinajstić information content (AvgIpc) is 2.43. The maximum absolute atomic E-state index is 11.6. The number of nitrogens with one attached hydrogen (secondary N) is 1. The predicted molar refractivity (Wildman–Crippen MR) is 63.3 cm³/mol. The minimum atomic E-state index is -2.06. The van der Waals surface area contributed by atoms with Crippen molar-refractivity contribution in [3.8, 4) is 5.75 Å². The first-order valence-corrected chi connectivity index (χ1v) is 5.20. The fourth-order valence-electron chi connectivity index (χ4n) is 1.50. The molecule has 0 aromatic heterocycles. The lowest BCUT2D eigenvalue weighted by atomic mass is 9.98. The number of carbonyl (C=O) groups excluding carboxylic acids is 1. The number of aliphatic hydroxyl groups is 2. The van der Waals surface area contributed by atoms with Crippen molar-refractivity contribution in [3.63, 3.8) is 0 Å². The summed E-state index contributed by atoms with van der Waals surface area (Å²) in [4.78, 5) is 22.2. The van der Waals surface area contributed by atoms with Crippen molar-refractivity contribution in [2.75, 3.05) is 7.11 Å². The van der Waals surface area contributed by atoms with Crippen molar-refractivity contribution in [2.45, 2.75) is 12.2 Å². The van der Waals surface area contributed by atoms with Crippen molar-refractivity contribution in [1.82, 2.24) is 5.43 Å². The molecule has 0 aliphatic rings. The van der Waals surface area contributed by atoms with Crippen LogP contribution in [0.25, 0.3) is 0 Å². The van der Waals surface area contributed by atoms with Gasteiger partial charge in [0, 0.05) is 0 Å². The van der Waals surface area contributed by atoms with Crippen LogP contribution in [-0.2, 0) is 4.79 Å². The summed E-state index contributed by atoms with van der Waals surface area (Å²) in [5.74, 6) is 2.96. The number of carbonyl (C=O) groups is 2. The molecular weight excluding hydrogens is 256 g/mol. The van der Waals surface area contributed by atoms with Gasteiger partial charge in [0.15, 0.2) is 6.10 Å². The molecule has 0 fully saturated rings. The Kier molecular flexibility index (Phi) is 4.81. The summed E-state index contributed by atoms with van der Waals surface area (Å²) >= 11 is 0. The third kappa shape index (κ3) is 3.19. The second kappa shape index (κ2) is 6.14. The molecule has 0 spiro atoms. The Bertz CT molecular complexity index is 490. The molecule has 0 bridgehead atoms. The number of aliphatic hydroxyl groups excluding tert-OH is 2. The molecule has 2 unspecified atom stereocenters. The van der Waals surface area contributed by atoms with Crippen LogP contribution in [0.5, 0.6) is 5.75 Å². The number of hydrazine groups is 1. The standard InChI is InChI=1S/C11H14N2O6/c1-19-5-2-3-6(7(4-5)10(16)13-12)8(14)9(15)11(17)18/h2-4,8-9,14-15H,12H2,1H3,(H,13,16)(H,17,18). The summed E-state index contributed by atoms with van der Waals surface area (Å²) < 4.78 is 4.91. The van der Waals surface area contributed by atoms with Crippen molar-refractivity contribution in [2.24, 2.45) is 5.84 Å². The van der Waals surface area contributed by atoms with Crippen LogP contribution in [0.3, 0.4) is 0 Å². The largest absolute Gasteiger partial charge is 0.497 e. The summed E-state index contributed by atoms with van der Waals surface area (Å²) in [5, 5.41) is 27.7. The Labute approximate surface area is 108 Å². The van der Waals surface area contributed by atoms with Crippen LogP contribution in [0.15, 0.2) is 18.2 Å². The minimum Gasteiger partial charge on any atom is -0.497 e. The second-order valence-corrected chi connectivity index (χ2v) is 3.65. The van der Waals surface area contributed by atoms with Gasteiger partial charge >= 0.3 is 5.97 Å². The van der Waals surface area contributed by atoms with Gasteiger partial charge in [0.25, 0.3) is 5.91 Å². The fourth-order valence-corrected chi connectivity index (χ4v) is 1.50. The van der Waals surface area contributed by atoms with Gasteiger partial charge in [-0.2, -0.15) is 0 Å². The van der Waals surface area contributed by atoms with Crippen molar-refractivity contribution in [1.29, 1.82) is 0 Å². The number of hydrogen-bond donors (Lipinski definition) is 5. The van der Waals surface area contributed by atoms with E-state index >= 15 is 0 Å². The summed E-state index contributed by atoms with van der Waals surface area (Å²) in [6.45, 7) is 0. The number of hydrogen-bond acceptors (Lipinski definition) is 6. The Morgan fingerprint density at radius 1 is 1.37 bits per heavy atom. The molecule has 1 amide bonds. The van der Waals surface area contributed by atoms with E-state index in [4.69, 9.17) is 15.7 Å². The number of carboxylic acids is 1. The van der Waals surface area contributed by atoms with E-state index in [1.54, 1.807) is 0 Å². The van der Waals surface area contributed by atoms with Gasteiger partial charge < -0.3 is 20.1 Å². The normalized spacial score (nSPS) is 13.5. The molecule has 2 atom stereocenters. The fraction of sp³-hybridized carbons (Fsp3) is 0.273. The Hall–Kier alpha value is -2.16. The Morgan fingerprint density at radius 2 is 2.00 bits per heavy atom. The highest BCUT2D eigenvalue weighted by Gasteiger charge is 2.28. The lowest BCUT2D eigenvalue weighted by Gasteiger charge is -2.18. The molecule has 0 aliphatic heterocycles. The first kappa shape index (κ1) is 14.9. The van der Waals surface area contributed by atoms with Crippen LogP contribution in [0.1, 0.15) is 22.0 Å². The van der Waals surface area contributed by atoms with Crippen LogP contribution >= 0.6 is 0 Å². The van der Waals surface area contributed by atoms with E-state index in [2.05, 4.69) is 0 Å². The summed E-state index contributed by atoms with van der Waals surface area (Å²) in [5.41, 5.74) is 1.70. The molecule has 1 aromatic carbocycles. The second-order valence-electron chi connectivity index (χ2n) is 3.65. The van der Waals surface area contributed by atoms with E-state index in [0.717, 1.165) is 0 Å². The number of nitrogen functional groups attached to an aromatic ring is 1. The maximum atomic E-state index is 11.6. The van der Waals surface area contributed by atoms with Gasteiger partial charge in [0.2, 0.25) is 0 Å². The molecule has 104 valence electrons. The predicted octanol–water partition coefficient (Wildman–Crippen LogP) is -1.22. The molecule has 8 heteroatoms. The molecule has 0 aliphatic carbocycles. The molecule has 8 nitrogen and oxygen atoms in total. The molecule has 1 rings (SSSR count). The van der Waals surface area contributed by atoms with Gasteiger partial charge in [-0.05, 0) is 17.7 Å². The number of amides is 1. The van der Waals surface area contributed by atoms with Gasteiger partial charge in [-0.3, -0.25) is 10.2 Å². The van der Waals surface area contributed by atoms with Gasteiger partial charge in [-0.25, -0.2) is 10.6 Å². The van der Waals surface area contributed by atoms with E-state index in [1.807, 2.05) is 5.43 Å². The molecule has 0 saturated carbocycles. The van der Waals surface area contributed by atoms with Crippen molar-refractivity contribution >= 4 is 11.9 Å². The number of methoxy groups -OCH3 is 1. The first-order chi connectivity index (χ1) is 8.92. The summed E-state index contributed by atoms with van der Waals surface area (Å²) in [7, 11) is 1.38. The summed E-state index contributed by atoms with van der Waals surface area (Å²) in [6.07, 6.45) is -3.83. The zero-order valence-electron chi connectivity index (χ0n) is 10.0. The summed E-state index contributed by atoms with van der Waals surface area (Å²) in [6, 6.07) is 3.97. The van der Waals surface area contributed by atoms with Gasteiger partial charge in [-0.15, -0.1) is 0 Å². The van der Waals surface area contributed by atoms with E-state index in [1.165, 1.54) is 25.3 Å². The zero-order valence-corrected chi connectivity index (χ0v) is 10.0. The first-order valence-electron chi connectivity index (χ1n) is 5.20. The molecular formula is C11H14N2O6. The Morgan fingerprint density at radius 3 is 2.47 bits per heavy atom. The molecule has 0 radical (unpaired) electrons. The Balaban J connectivity index is 3.26. The number of nitrogens with two attached hydrogens (primary N) is 1. The monoisotopic (exact) mass is 270 g/mol. The lowest BCUT2D eigenvalue weighted by molar-refractivity contribution is -0.153. The van der Waals surface area contributed by atoms with Crippen molar-refractivity contribution < 1.29 is 29.6 Å². The van der Waals surface area contributed by atoms with Gasteiger partial charge in [0.1, 0.15) is 11.9 Å². The van der Waals surface area contributed by atoms with Gasteiger partial charge in [-0.1, -0.05) is 6.07 Å². The van der Waals surface area contributed by atoms with Crippen LogP contribution in [0.4, 0.5) is 0 Å². The van der Waals surface area contributed by atoms with E-state index in [9.17, 15) is 19.8 Å². The zero-order chi connectivity index (χ0) is 14.6. The highest BCUT2D eigenvalue weighted by Crippen LogP contribution is 2.25. The van der Waals surface area contributed by atoms with E-state index in [0.29, 0.717) is 5.75 Å². The molecule has 1 aromatic rings. The van der Waals surface area contributed by atoms with E-state index in [-0.39, 0.29) is 11.1 Å². The third-order valence-corrected chi connectivity index (χ3v) is 2.51. The number of benzene rings is 1. The number of aliphatic carboxylic acids is 1. The van der Waals surface area contributed by atoms with Crippen LogP contribution in [-0.4, -0.2) is 40.4 Å². The highest BCUT2D eigenvalue weighted by molar-refractivity contribution is 5.96. The molecule has 0 saturated heterocycles. The quantitative estimate of drug-likeness (QED) is 0.256. The molecule has 19 heavy (non-hydrogen) atoms. The third-order valence-electron chi connectivity index (χ3n) is 2.51. The smallest absolute Gasteiger partial charge is 0.335 e. The lowest BCUT2D eigenvalue weighted by Crippen LogP contribution is -2.33. The van der Waals surface area contributed by atoms with Crippen LogP contribution in [0.2, 0.25) is 0 Å². The SMILES string of the molecule is COc1ccc(C(O)C(O)C(=O)O)c(C(=O)NN)c1. The number of rotatable bonds is 5. The topological polar surface area (TPSA) is 142 Å². The average molecular weight is 270 g/mol. The molecule has 0 heterocycles. The highest BCUT2D eigenvalue weighted by atomic mass is 16.5. The van der Waals surface area contributed by atoms with E-state index < -0.39 is 24.1 Å². The molecule has 6 N–H and O–H groups in total. The van der Waals surface area contributed by atoms with Gasteiger partial charge in [0.05, 0.1) is 12.7 Å². The minimum absolute atomic E-state index is 0.0707. The maximum Gasteiger partial charge on any atom is 0.335 e. The van der Waals surface area contributed by atoms with Crippen LogP contribution < -0.4 is 16.0 Å². The number of ether oxygens (including phenoxy) is 1. The van der Waals surface area contributed by atoms with Crippen LogP contribution in [0, 0.1) is 0 Å². The van der Waals surface area contributed by atoms with Crippen molar-refractivity contribution in [3.05, 3.63) is 29.3 Å².